The first kappa shape index (κ1) is 14.9. The van der Waals surface area contributed by atoms with Crippen LogP contribution in [0.4, 0.5) is 15.5 Å². The lowest BCUT2D eigenvalue weighted by Gasteiger charge is -2.21. The lowest BCUT2D eigenvalue weighted by atomic mass is 10.2. The number of carboxylic acid groups (broad SMARTS) is 1. The fourth-order valence-corrected chi connectivity index (χ4v) is 2.04. The molecule has 0 unspecified atom stereocenters. The van der Waals surface area contributed by atoms with Gasteiger partial charge in [0, 0.05) is 17.2 Å². The van der Waals surface area contributed by atoms with Gasteiger partial charge in [-0.1, -0.05) is 4.49 Å². The normalized spacial score (nSPS) is 10.1. The second kappa shape index (κ2) is 6.77. The molecule has 110 valence electrons. The lowest BCUT2D eigenvalue weighted by molar-refractivity contribution is 0.0697. The highest BCUT2D eigenvalue weighted by Gasteiger charge is 2.16. The number of aromatic carboxylic acids is 1. The van der Waals surface area contributed by atoms with Crippen molar-refractivity contribution in [3.05, 3.63) is 36.0 Å². The van der Waals surface area contributed by atoms with Gasteiger partial charge in [-0.3, -0.25) is 10.2 Å². The van der Waals surface area contributed by atoms with Crippen molar-refractivity contribution in [1.29, 1.82) is 0 Å². The standard InChI is InChI=1S/C12H12N4O4S/c17-6-5-16(12(20)14-10-7-13-15-21-10)9-3-1-8(2-4-9)11(18)19/h1-4,7,17H,5-6H2,(H,14,20)(H,18,19). The average molecular weight is 308 g/mol. The number of benzene rings is 1. The molecule has 0 spiro atoms. The van der Waals surface area contributed by atoms with Crippen LogP contribution in [0.3, 0.4) is 0 Å². The molecule has 0 atom stereocenters. The van der Waals surface area contributed by atoms with Gasteiger partial charge in [0.2, 0.25) is 0 Å². The largest absolute Gasteiger partial charge is 0.478 e. The van der Waals surface area contributed by atoms with Crippen LogP contribution in [0.25, 0.3) is 0 Å². The van der Waals surface area contributed by atoms with Crippen LogP contribution in [-0.2, 0) is 0 Å². The van der Waals surface area contributed by atoms with E-state index in [9.17, 15) is 9.59 Å². The second-order valence-corrected chi connectivity index (χ2v) is 4.72. The van der Waals surface area contributed by atoms with Gasteiger partial charge in [-0.05, 0) is 24.3 Å². The molecule has 2 rings (SSSR count). The highest BCUT2D eigenvalue weighted by molar-refractivity contribution is 7.10. The van der Waals surface area contributed by atoms with E-state index < -0.39 is 12.0 Å². The van der Waals surface area contributed by atoms with E-state index in [1.165, 1.54) is 35.4 Å². The minimum atomic E-state index is -1.05. The van der Waals surface area contributed by atoms with E-state index in [-0.39, 0.29) is 18.7 Å². The Balaban J connectivity index is 2.17. The first-order valence-corrected chi connectivity index (χ1v) is 6.69. The maximum atomic E-state index is 12.2. The molecule has 9 heteroatoms. The number of nitrogens with one attached hydrogen (secondary N) is 1. The van der Waals surface area contributed by atoms with Gasteiger partial charge >= 0.3 is 12.0 Å². The Hall–Kier alpha value is -2.52. The van der Waals surface area contributed by atoms with Gasteiger partial charge in [-0.2, -0.15) is 0 Å². The molecule has 1 aromatic carbocycles. The Labute approximate surface area is 123 Å². The zero-order chi connectivity index (χ0) is 15.2. The minimum absolute atomic E-state index is 0.0739. The van der Waals surface area contributed by atoms with Crippen LogP contribution in [0.1, 0.15) is 10.4 Å². The first-order chi connectivity index (χ1) is 10.1. The topological polar surface area (TPSA) is 116 Å². The van der Waals surface area contributed by atoms with Gasteiger partial charge < -0.3 is 10.2 Å². The monoisotopic (exact) mass is 308 g/mol. The third-order valence-electron chi connectivity index (χ3n) is 2.59. The van der Waals surface area contributed by atoms with Crippen molar-refractivity contribution in [1.82, 2.24) is 9.59 Å². The summed E-state index contributed by atoms with van der Waals surface area (Å²) in [5.74, 6) is -1.05. The zero-order valence-electron chi connectivity index (χ0n) is 10.8. The number of carboxylic acids is 1. The van der Waals surface area contributed by atoms with E-state index in [2.05, 4.69) is 14.9 Å². The van der Waals surface area contributed by atoms with Crippen LogP contribution < -0.4 is 10.2 Å². The number of amides is 2. The Morgan fingerprint density at radius 1 is 1.29 bits per heavy atom. The predicted octanol–water partition coefficient (Wildman–Crippen LogP) is 1.27. The first-order valence-electron chi connectivity index (χ1n) is 5.92. The van der Waals surface area contributed by atoms with Crippen molar-refractivity contribution >= 4 is 34.2 Å². The van der Waals surface area contributed by atoms with Crippen molar-refractivity contribution in [3.63, 3.8) is 0 Å². The minimum Gasteiger partial charge on any atom is -0.478 e. The van der Waals surface area contributed by atoms with Crippen molar-refractivity contribution < 1.29 is 19.8 Å². The number of anilines is 2. The van der Waals surface area contributed by atoms with E-state index in [0.29, 0.717) is 10.7 Å². The van der Waals surface area contributed by atoms with Gasteiger partial charge in [0.05, 0.1) is 24.9 Å². The number of hydrogen-bond donors (Lipinski definition) is 3. The van der Waals surface area contributed by atoms with E-state index in [4.69, 9.17) is 10.2 Å². The maximum absolute atomic E-state index is 12.2. The summed E-state index contributed by atoms with van der Waals surface area (Å²) in [6.07, 6.45) is 1.41. The molecule has 3 N–H and O–H groups in total. The third-order valence-corrected chi connectivity index (χ3v) is 3.17. The summed E-state index contributed by atoms with van der Waals surface area (Å²) in [5.41, 5.74) is 0.596. The van der Waals surface area contributed by atoms with Crippen molar-refractivity contribution in [2.75, 3.05) is 23.4 Å². The molecule has 8 nitrogen and oxygen atoms in total. The van der Waals surface area contributed by atoms with Gasteiger partial charge in [-0.15, -0.1) is 5.10 Å². The van der Waals surface area contributed by atoms with Crippen molar-refractivity contribution in [2.24, 2.45) is 0 Å². The van der Waals surface area contributed by atoms with Crippen LogP contribution in [0.2, 0.25) is 0 Å². The maximum Gasteiger partial charge on any atom is 0.335 e. The zero-order valence-corrected chi connectivity index (χ0v) is 11.6. The summed E-state index contributed by atoms with van der Waals surface area (Å²) in [7, 11) is 0. The van der Waals surface area contributed by atoms with Gasteiger partial charge in [0.15, 0.2) is 0 Å². The van der Waals surface area contributed by atoms with Crippen LogP contribution >= 0.6 is 11.5 Å². The van der Waals surface area contributed by atoms with E-state index in [1.54, 1.807) is 0 Å². The molecule has 0 saturated heterocycles. The fraction of sp³-hybridized carbons (Fsp3) is 0.167. The molecule has 1 heterocycles. The van der Waals surface area contributed by atoms with E-state index >= 15 is 0 Å². The molecule has 0 saturated carbocycles. The van der Waals surface area contributed by atoms with Gasteiger partial charge in [0.25, 0.3) is 0 Å². The highest BCUT2D eigenvalue weighted by atomic mass is 32.1. The number of rotatable bonds is 5. The Bertz CT molecular complexity index is 615. The van der Waals surface area contributed by atoms with E-state index in [1.807, 2.05) is 0 Å². The number of hydrogen-bond acceptors (Lipinski definition) is 6. The van der Waals surface area contributed by atoms with Crippen molar-refractivity contribution in [3.8, 4) is 0 Å². The molecular weight excluding hydrogens is 296 g/mol. The van der Waals surface area contributed by atoms with Crippen LogP contribution in [0.15, 0.2) is 30.5 Å². The highest BCUT2D eigenvalue weighted by Crippen LogP contribution is 2.18. The summed E-state index contributed by atoms with van der Waals surface area (Å²) in [6.45, 7) is -0.153. The number of aliphatic hydroxyl groups is 1. The number of nitrogens with zero attached hydrogens (tertiary/aromatic N) is 3. The number of aromatic nitrogens is 2. The van der Waals surface area contributed by atoms with E-state index in [0.717, 1.165) is 11.5 Å². The molecule has 0 aliphatic rings. The predicted molar refractivity (Wildman–Crippen MR) is 76.8 cm³/mol. The quantitative estimate of drug-likeness (QED) is 0.766. The number of aliphatic hydroxyl groups excluding tert-OH is 1. The molecule has 0 radical (unpaired) electrons. The summed E-state index contributed by atoms with van der Waals surface area (Å²) in [5, 5.41) is 24.6. The van der Waals surface area contributed by atoms with Crippen LogP contribution in [0.5, 0.6) is 0 Å². The molecule has 2 aromatic rings. The van der Waals surface area contributed by atoms with Gasteiger partial charge in [0.1, 0.15) is 5.00 Å². The summed E-state index contributed by atoms with van der Waals surface area (Å²) in [6, 6.07) is 5.33. The Morgan fingerprint density at radius 3 is 2.52 bits per heavy atom. The molecule has 21 heavy (non-hydrogen) atoms. The lowest BCUT2D eigenvalue weighted by Crippen LogP contribution is -2.37. The average Bonchev–Trinajstić information content (AvgIpc) is 2.97. The summed E-state index contributed by atoms with van der Waals surface area (Å²) < 4.78 is 3.63. The molecule has 0 aliphatic heterocycles. The van der Waals surface area contributed by atoms with Crippen LogP contribution in [0, 0.1) is 0 Å². The van der Waals surface area contributed by atoms with Crippen LogP contribution in [-0.4, -0.2) is 45.0 Å². The fourth-order valence-electron chi connectivity index (χ4n) is 1.63. The number of urea groups is 1. The van der Waals surface area contributed by atoms with Gasteiger partial charge in [-0.25, -0.2) is 9.59 Å². The third kappa shape index (κ3) is 3.74. The summed E-state index contributed by atoms with van der Waals surface area (Å²) >= 11 is 1.03. The molecule has 0 aliphatic carbocycles. The molecule has 0 fully saturated rings. The Morgan fingerprint density at radius 2 is 2.00 bits per heavy atom. The summed E-state index contributed by atoms with van der Waals surface area (Å²) in [4.78, 5) is 24.3. The number of carbonyl (C=O) groups is 2. The second-order valence-electron chi connectivity index (χ2n) is 3.94. The SMILES string of the molecule is O=C(O)c1ccc(N(CCO)C(=O)Nc2cnns2)cc1. The smallest absolute Gasteiger partial charge is 0.335 e. The number of carbonyl (C=O) groups excluding carboxylic acids is 1. The van der Waals surface area contributed by atoms with Crippen molar-refractivity contribution in [2.45, 2.75) is 0 Å². The molecular formula is C12H12N4O4S. The Kier molecular flexibility index (Phi) is 4.80. The molecule has 1 aromatic heterocycles. The molecule has 0 bridgehead atoms. The molecule has 2 amide bonds.